The summed E-state index contributed by atoms with van der Waals surface area (Å²) in [6.07, 6.45) is 0. The van der Waals surface area contributed by atoms with E-state index in [1.165, 1.54) is 14.1 Å². The lowest BCUT2D eigenvalue weighted by atomic mass is 10.3. The number of amides is 1. The van der Waals surface area contributed by atoms with E-state index in [1.807, 2.05) is 0 Å². The SMILES string of the molecule is COC(=O)c1nc(C(=O)N(C)C)nc(O)c1O. The van der Waals surface area contributed by atoms with Crippen molar-refractivity contribution >= 4 is 11.9 Å². The van der Waals surface area contributed by atoms with Crippen LogP contribution in [0.5, 0.6) is 11.6 Å². The van der Waals surface area contributed by atoms with Crippen LogP contribution in [0.1, 0.15) is 21.1 Å². The van der Waals surface area contributed by atoms with Gasteiger partial charge in [0, 0.05) is 14.1 Å². The predicted octanol–water partition coefficient (Wildman–Crippen LogP) is -0.624. The van der Waals surface area contributed by atoms with Gasteiger partial charge in [-0.15, -0.1) is 0 Å². The monoisotopic (exact) mass is 241 g/mol. The second-order valence-corrected chi connectivity index (χ2v) is 3.26. The van der Waals surface area contributed by atoms with E-state index in [4.69, 9.17) is 0 Å². The molecular formula is C9H11N3O5. The fourth-order valence-electron chi connectivity index (χ4n) is 0.978. The van der Waals surface area contributed by atoms with Crippen LogP contribution < -0.4 is 0 Å². The first-order chi connectivity index (χ1) is 7.88. The van der Waals surface area contributed by atoms with Gasteiger partial charge in [0.1, 0.15) is 0 Å². The zero-order valence-electron chi connectivity index (χ0n) is 9.46. The van der Waals surface area contributed by atoms with Crippen LogP contribution in [0.4, 0.5) is 0 Å². The maximum Gasteiger partial charge on any atom is 0.360 e. The van der Waals surface area contributed by atoms with Crippen LogP contribution in [0.25, 0.3) is 0 Å². The molecule has 0 fully saturated rings. The molecule has 92 valence electrons. The molecule has 1 amide bonds. The molecule has 17 heavy (non-hydrogen) atoms. The smallest absolute Gasteiger partial charge is 0.360 e. The van der Waals surface area contributed by atoms with Crippen molar-refractivity contribution in [2.45, 2.75) is 0 Å². The van der Waals surface area contributed by atoms with Gasteiger partial charge in [0.2, 0.25) is 11.6 Å². The number of ether oxygens (including phenoxy) is 1. The Kier molecular flexibility index (Phi) is 3.46. The molecule has 0 spiro atoms. The van der Waals surface area contributed by atoms with E-state index in [9.17, 15) is 19.8 Å². The van der Waals surface area contributed by atoms with Crippen molar-refractivity contribution in [1.29, 1.82) is 0 Å². The lowest BCUT2D eigenvalue weighted by Gasteiger charge is -2.10. The highest BCUT2D eigenvalue weighted by Crippen LogP contribution is 2.25. The maximum absolute atomic E-state index is 11.5. The summed E-state index contributed by atoms with van der Waals surface area (Å²) in [5.74, 6) is -3.69. The number of rotatable bonds is 2. The number of nitrogens with zero attached hydrogens (tertiary/aromatic N) is 3. The summed E-state index contributed by atoms with van der Waals surface area (Å²) in [6.45, 7) is 0. The van der Waals surface area contributed by atoms with E-state index in [-0.39, 0.29) is 0 Å². The maximum atomic E-state index is 11.5. The lowest BCUT2D eigenvalue weighted by Crippen LogP contribution is -2.25. The van der Waals surface area contributed by atoms with Crippen molar-refractivity contribution in [3.63, 3.8) is 0 Å². The standard InChI is InChI=1S/C9H11N3O5/c1-12(2)8(15)6-10-4(9(16)17-3)5(13)7(14)11-6/h13H,1-3H3,(H,10,11,14). The quantitative estimate of drug-likeness (QED) is 0.663. The minimum Gasteiger partial charge on any atom is -0.501 e. The summed E-state index contributed by atoms with van der Waals surface area (Å²) < 4.78 is 4.34. The van der Waals surface area contributed by atoms with Crippen molar-refractivity contribution in [3.8, 4) is 11.6 Å². The lowest BCUT2D eigenvalue weighted by molar-refractivity contribution is 0.0588. The third kappa shape index (κ3) is 2.41. The van der Waals surface area contributed by atoms with Crippen LogP contribution in [-0.4, -0.2) is 58.2 Å². The molecule has 0 bridgehead atoms. The predicted molar refractivity (Wildman–Crippen MR) is 54.7 cm³/mol. The van der Waals surface area contributed by atoms with Gasteiger partial charge in [0.05, 0.1) is 7.11 Å². The first-order valence-electron chi connectivity index (χ1n) is 4.48. The van der Waals surface area contributed by atoms with Crippen LogP contribution in [0, 0.1) is 0 Å². The van der Waals surface area contributed by atoms with Crippen molar-refractivity contribution in [1.82, 2.24) is 14.9 Å². The molecule has 0 aliphatic carbocycles. The van der Waals surface area contributed by atoms with Crippen molar-refractivity contribution in [2.75, 3.05) is 21.2 Å². The topological polar surface area (TPSA) is 113 Å². The zero-order valence-corrected chi connectivity index (χ0v) is 9.46. The minimum absolute atomic E-state index is 0.411. The van der Waals surface area contributed by atoms with Gasteiger partial charge < -0.3 is 19.8 Å². The van der Waals surface area contributed by atoms with E-state index in [0.717, 1.165) is 12.0 Å². The van der Waals surface area contributed by atoms with E-state index >= 15 is 0 Å². The molecule has 0 unspecified atom stereocenters. The number of hydrogen-bond donors (Lipinski definition) is 2. The second-order valence-electron chi connectivity index (χ2n) is 3.26. The fraction of sp³-hybridized carbons (Fsp3) is 0.333. The number of carbonyl (C=O) groups excluding carboxylic acids is 2. The summed E-state index contributed by atoms with van der Waals surface area (Å²) >= 11 is 0. The summed E-state index contributed by atoms with van der Waals surface area (Å²) in [4.78, 5) is 30.8. The van der Waals surface area contributed by atoms with E-state index < -0.39 is 35.0 Å². The van der Waals surface area contributed by atoms with E-state index in [2.05, 4.69) is 14.7 Å². The Morgan fingerprint density at radius 2 is 1.82 bits per heavy atom. The summed E-state index contributed by atoms with van der Waals surface area (Å²) in [6, 6.07) is 0. The summed E-state index contributed by atoms with van der Waals surface area (Å²) in [5.41, 5.74) is -0.565. The molecule has 0 aliphatic rings. The molecule has 2 N–H and O–H groups in total. The highest BCUT2D eigenvalue weighted by Gasteiger charge is 2.23. The first-order valence-corrected chi connectivity index (χ1v) is 4.48. The van der Waals surface area contributed by atoms with Crippen LogP contribution in [0.2, 0.25) is 0 Å². The number of carbonyl (C=O) groups is 2. The average Bonchev–Trinajstić information content (AvgIpc) is 2.30. The number of esters is 1. The largest absolute Gasteiger partial charge is 0.501 e. The van der Waals surface area contributed by atoms with Gasteiger partial charge in [-0.3, -0.25) is 4.79 Å². The van der Waals surface area contributed by atoms with Gasteiger partial charge in [-0.2, -0.15) is 4.98 Å². The molecular weight excluding hydrogens is 230 g/mol. The molecule has 8 nitrogen and oxygen atoms in total. The van der Waals surface area contributed by atoms with E-state index in [1.54, 1.807) is 0 Å². The molecule has 0 saturated carbocycles. The average molecular weight is 241 g/mol. The molecule has 1 aromatic heterocycles. The van der Waals surface area contributed by atoms with Gasteiger partial charge >= 0.3 is 5.97 Å². The first kappa shape index (κ1) is 12.7. The zero-order chi connectivity index (χ0) is 13.2. The number of methoxy groups -OCH3 is 1. The molecule has 8 heteroatoms. The fourth-order valence-corrected chi connectivity index (χ4v) is 0.978. The van der Waals surface area contributed by atoms with Crippen molar-refractivity contribution in [2.24, 2.45) is 0 Å². The Hall–Kier alpha value is -2.38. The molecule has 1 heterocycles. The molecule has 0 aliphatic heterocycles. The Morgan fingerprint density at radius 1 is 1.24 bits per heavy atom. The molecule has 1 aromatic rings. The van der Waals surface area contributed by atoms with Crippen LogP contribution in [0.15, 0.2) is 0 Å². The van der Waals surface area contributed by atoms with Gasteiger partial charge in [-0.25, -0.2) is 9.78 Å². The van der Waals surface area contributed by atoms with Crippen LogP contribution in [-0.2, 0) is 4.74 Å². The Morgan fingerprint density at radius 3 is 2.29 bits per heavy atom. The molecule has 0 saturated heterocycles. The Bertz CT molecular complexity index is 472. The van der Waals surface area contributed by atoms with Gasteiger partial charge in [0.15, 0.2) is 5.69 Å². The molecule has 0 atom stereocenters. The number of aromatic nitrogens is 2. The Labute approximate surface area is 96.5 Å². The highest BCUT2D eigenvalue weighted by molar-refractivity contribution is 5.94. The number of hydrogen-bond acceptors (Lipinski definition) is 7. The van der Waals surface area contributed by atoms with Crippen LogP contribution in [0.3, 0.4) is 0 Å². The third-order valence-corrected chi connectivity index (χ3v) is 1.84. The van der Waals surface area contributed by atoms with Gasteiger partial charge in [0.25, 0.3) is 11.8 Å². The third-order valence-electron chi connectivity index (χ3n) is 1.84. The Balaban J connectivity index is 3.33. The normalized spacial score (nSPS) is 9.82. The molecule has 0 aromatic carbocycles. The van der Waals surface area contributed by atoms with Crippen molar-refractivity contribution < 1.29 is 24.5 Å². The molecule has 0 radical (unpaired) electrons. The van der Waals surface area contributed by atoms with E-state index in [0.29, 0.717) is 0 Å². The van der Waals surface area contributed by atoms with Crippen LogP contribution >= 0.6 is 0 Å². The van der Waals surface area contributed by atoms with Gasteiger partial charge in [-0.05, 0) is 0 Å². The minimum atomic E-state index is -0.979. The van der Waals surface area contributed by atoms with Gasteiger partial charge in [-0.1, -0.05) is 0 Å². The second kappa shape index (κ2) is 4.64. The number of aromatic hydroxyl groups is 2. The van der Waals surface area contributed by atoms with Crippen molar-refractivity contribution in [3.05, 3.63) is 11.5 Å². The highest BCUT2D eigenvalue weighted by atomic mass is 16.5. The molecule has 1 rings (SSSR count). The summed E-state index contributed by atoms with van der Waals surface area (Å²) in [7, 11) is 3.98. The summed E-state index contributed by atoms with van der Waals surface area (Å²) in [5, 5.41) is 18.6.